The normalized spacial score (nSPS) is 29.9. The van der Waals surface area contributed by atoms with Gasteiger partial charge in [0.1, 0.15) is 0 Å². The van der Waals surface area contributed by atoms with Crippen LogP contribution in [-0.4, -0.2) is 46.1 Å². The van der Waals surface area contributed by atoms with Gasteiger partial charge in [-0.25, -0.2) is 0 Å². The molecule has 3 rings (SSSR count). The lowest BCUT2D eigenvalue weighted by molar-refractivity contribution is 0.0919. The van der Waals surface area contributed by atoms with E-state index >= 15 is 0 Å². The summed E-state index contributed by atoms with van der Waals surface area (Å²) in [5.41, 5.74) is 3.02. The third kappa shape index (κ3) is 2.21. The van der Waals surface area contributed by atoms with Gasteiger partial charge < -0.3 is 9.67 Å². The minimum Gasteiger partial charge on any atom is -0.393 e. The minimum atomic E-state index is -0.152. The van der Waals surface area contributed by atoms with Gasteiger partial charge in [0.15, 0.2) is 5.78 Å². The van der Waals surface area contributed by atoms with Gasteiger partial charge in [0, 0.05) is 43.0 Å². The van der Waals surface area contributed by atoms with E-state index in [1.165, 1.54) is 0 Å². The van der Waals surface area contributed by atoms with Crippen LogP contribution in [0.1, 0.15) is 34.6 Å². The van der Waals surface area contributed by atoms with Gasteiger partial charge >= 0.3 is 0 Å². The first-order valence-corrected chi connectivity index (χ1v) is 7.54. The SMILES string of the molecule is Cc1cc(C(=O)CN2CC3CCC(O)C3C2)c(C)n1C. The second kappa shape index (κ2) is 5.01. The molecule has 1 saturated heterocycles. The van der Waals surface area contributed by atoms with Crippen LogP contribution in [-0.2, 0) is 7.05 Å². The van der Waals surface area contributed by atoms with E-state index in [4.69, 9.17) is 0 Å². The maximum absolute atomic E-state index is 12.5. The van der Waals surface area contributed by atoms with Gasteiger partial charge in [-0.2, -0.15) is 0 Å². The van der Waals surface area contributed by atoms with Gasteiger partial charge in [0.2, 0.25) is 0 Å². The van der Waals surface area contributed by atoms with E-state index in [0.717, 1.165) is 42.9 Å². The van der Waals surface area contributed by atoms with Crippen LogP contribution < -0.4 is 0 Å². The number of rotatable bonds is 3. The number of ketones is 1. The minimum absolute atomic E-state index is 0.152. The second-order valence-electron chi connectivity index (χ2n) is 6.53. The Morgan fingerprint density at radius 1 is 1.35 bits per heavy atom. The molecule has 0 amide bonds. The maximum Gasteiger partial charge on any atom is 0.178 e. The quantitative estimate of drug-likeness (QED) is 0.852. The highest BCUT2D eigenvalue weighted by Crippen LogP contribution is 2.38. The fraction of sp³-hybridized carbons (Fsp3) is 0.688. The lowest BCUT2D eigenvalue weighted by atomic mass is 10.00. The molecule has 2 heterocycles. The number of aryl methyl sites for hydroxylation is 1. The smallest absolute Gasteiger partial charge is 0.178 e. The Hall–Kier alpha value is -1.13. The molecule has 0 spiro atoms. The fourth-order valence-electron chi connectivity index (χ4n) is 3.88. The van der Waals surface area contributed by atoms with Crippen LogP contribution in [0.25, 0.3) is 0 Å². The number of aromatic nitrogens is 1. The molecule has 1 N–H and O–H groups in total. The van der Waals surface area contributed by atoms with Gasteiger partial charge in [0.25, 0.3) is 0 Å². The molecule has 1 aromatic rings. The summed E-state index contributed by atoms with van der Waals surface area (Å²) in [4.78, 5) is 14.7. The van der Waals surface area contributed by atoms with E-state index in [1.807, 2.05) is 27.0 Å². The van der Waals surface area contributed by atoms with Crippen LogP contribution >= 0.6 is 0 Å². The molecule has 0 aromatic carbocycles. The summed E-state index contributed by atoms with van der Waals surface area (Å²) in [5.74, 6) is 1.19. The second-order valence-corrected chi connectivity index (χ2v) is 6.53. The first-order valence-electron chi connectivity index (χ1n) is 7.54. The molecule has 3 unspecified atom stereocenters. The third-order valence-corrected chi connectivity index (χ3v) is 5.34. The molecule has 2 fully saturated rings. The van der Waals surface area contributed by atoms with Crippen LogP contribution in [0, 0.1) is 25.7 Å². The summed E-state index contributed by atoms with van der Waals surface area (Å²) >= 11 is 0. The third-order valence-electron chi connectivity index (χ3n) is 5.34. The number of fused-ring (bicyclic) bond motifs is 1. The van der Waals surface area contributed by atoms with Crippen LogP contribution in [0.3, 0.4) is 0 Å². The Morgan fingerprint density at radius 2 is 2.10 bits per heavy atom. The monoisotopic (exact) mass is 276 g/mol. The molecule has 0 bridgehead atoms. The van der Waals surface area contributed by atoms with E-state index in [2.05, 4.69) is 9.47 Å². The summed E-state index contributed by atoms with van der Waals surface area (Å²) in [6.45, 7) is 6.37. The van der Waals surface area contributed by atoms with Crippen LogP contribution in [0.2, 0.25) is 0 Å². The molecule has 4 nitrogen and oxygen atoms in total. The summed E-state index contributed by atoms with van der Waals surface area (Å²) in [6.07, 6.45) is 1.90. The van der Waals surface area contributed by atoms with Crippen molar-refractivity contribution in [1.82, 2.24) is 9.47 Å². The molecule has 1 aliphatic heterocycles. The first kappa shape index (κ1) is 13.8. The molecule has 2 aliphatic rings. The number of carbonyl (C=O) groups excluding carboxylic acids is 1. The van der Waals surface area contributed by atoms with E-state index < -0.39 is 0 Å². The van der Waals surface area contributed by atoms with E-state index in [-0.39, 0.29) is 11.9 Å². The Labute approximate surface area is 120 Å². The molecule has 3 atom stereocenters. The van der Waals surface area contributed by atoms with Crippen molar-refractivity contribution in [2.24, 2.45) is 18.9 Å². The van der Waals surface area contributed by atoms with Crippen molar-refractivity contribution in [3.63, 3.8) is 0 Å². The van der Waals surface area contributed by atoms with Crippen LogP contribution in [0.5, 0.6) is 0 Å². The van der Waals surface area contributed by atoms with Crippen molar-refractivity contribution in [1.29, 1.82) is 0 Å². The molecule has 1 aliphatic carbocycles. The summed E-state index contributed by atoms with van der Waals surface area (Å²) in [6, 6.07) is 1.99. The fourth-order valence-corrected chi connectivity index (χ4v) is 3.88. The zero-order valence-corrected chi connectivity index (χ0v) is 12.6. The summed E-state index contributed by atoms with van der Waals surface area (Å²) < 4.78 is 2.07. The van der Waals surface area contributed by atoms with Crippen LogP contribution in [0.15, 0.2) is 6.07 Å². The number of hydrogen-bond acceptors (Lipinski definition) is 3. The standard InChI is InChI=1S/C16H24N2O2/c1-10-6-13(11(2)17(10)3)16(20)9-18-7-12-4-5-15(19)14(12)8-18/h6,12,14-15,19H,4-5,7-9H2,1-3H3. The average molecular weight is 276 g/mol. The summed E-state index contributed by atoms with van der Waals surface area (Å²) in [7, 11) is 2.00. The number of carbonyl (C=O) groups is 1. The van der Waals surface area contributed by atoms with Crippen molar-refractivity contribution < 1.29 is 9.90 Å². The van der Waals surface area contributed by atoms with Crippen molar-refractivity contribution in [2.45, 2.75) is 32.8 Å². The number of hydrogen-bond donors (Lipinski definition) is 1. The lowest BCUT2D eigenvalue weighted by Crippen LogP contribution is -2.30. The van der Waals surface area contributed by atoms with E-state index in [1.54, 1.807) is 0 Å². The molecule has 4 heteroatoms. The Morgan fingerprint density at radius 3 is 2.70 bits per heavy atom. The Balaban J connectivity index is 1.67. The van der Waals surface area contributed by atoms with Gasteiger partial charge in [-0.15, -0.1) is 0 Å². The van der Waals surface area contributed by atoms with Gasteiger partial charge in [-0.1, -0.05) is 0 Å². The number of aliphatic hydroxyl groups excluding tert-OH is 1. The zero-order valence-electron chi connectivity index (χ0n) is 12.6. The summed E-state index contributed by atoms with van der Waals surface area (Å²) in [5, 5.41) is 9.94. The predicted octanol–water partition coefficient (Wildman–Crippen LogP) is 1.53. The van der Waals surface area contributed by atoms with E-state index in [9.17, 15) is 9.90 Å². The molecular formula is C16H24N2O2. The highest BCUT2D eigenvalue weighted by molar-refractivity contribution is 5.99. The van der Waals surface area contributed by atoms with Crippen LogP contribution in [0.4, 0.5) is 0 Å². The van der Waals surface area contributed by atoms with Crippen molar-refractivity contribution in [2.75, 3.05) is 19.6 Å². The lowest BCUT2D eigenvalue weighted by Gasteiger charge is -2.17. The maximum atomic E-state index is 12.5. The number of aliphatic hydroxyl groups is 1. The highest BCUT2D eigenvalue weighted by atomic mass is 16.3. The number of nitrogens with zero attached hydrogens (tertiary/aromatic N) is 2. The van der Waals surface area contributed by atoms with Gasteiger partial charge in [-0.3, -0.25) is 9.69 Å². The molecule has 1 aromatic heterocycles. The van der Waals surface area contributed by atoms with Gasteiger partial charge in [-0.05, 0) is 38.7 Å². The van der Waals surface area contributed by atoms with E-state index in [0.29, 0.717) is 18.4 Å². The van der Waals surface area contributed by atoms with Gasteiger partial charge in [0.05, 0.1) is 12.6 Å². The largest absolute Gasteiger partial charge is 0.393 e. The molecule has 0 radical (unpaired) electrons. The molecule has 110 valence electrons. The molecule has 1 saturated carbocycles. The number of likely N-dealkylation sites (tertiary alicyclic amines) is 1. The average Bonchev–Trinajstić information content (AvgIpc) is 3.02. The van der Waals surface area contributed by atoms with Crippen molar-refractivity contribution >= 4 is 5.78 Å². The topological polar surface area (TPSA) is 45.5 Å². The van der Waals surface area contributed by atoms with Crippen molar-refractivity contribution in [3.05, 3.63) is 23.0 Å². The Kier molecular flexibility index (Phi) is 3.46. The zero-order chi connectivity index (χ0) is 14.4. The number of Topliss-reactive ketones (excluding diaryl/α,β-unsaturated/α-hetero) is 1. The molecule has 20 heavy (non-hydrogen) atoms. The predicted molar refractivity (Wildman–Crippen MR) is 77.9 cm³/mol. The Bertz CT molecular complexity index is 535. The molecular weight excluding hydrogens is 252 g/mol. The highest BCUT2D eigenvalue weighted by Gasteiger charge is 2.42. The van der Waals surface area contributed by atoms with Crippen molar-refractivity contribution in [3.8, 4) is 0 Å². The first-order chi connectivity index (χ1) is 9.47.